The Morgan fingerprint density at radius 1 is 1.33 bits per heavy atom. The summed E-state index contributed by atoms with van der Waals surface area (Å²) < 4.78 is 21.6. The SMILES string of the molecule is O=C(OCOc1c2n(ccc1=O)NCNC2=O)OC1CCOCC1. The second-order valence-electron chi connectivity index (χ2n) is 5.15. The van der Waals surface area contributed by atoms with Gasteiger partial charge in [-0.1, -0.05) is 0 Å². The number of aromatic nitrogens is 1. The van der Waals surface area contributed by atoms with Crippen LogP contribution in [0.15, 0.2) is 17.1 Å². The fraction of sp³-hybridized carbons (Fsp3) is 0.500. The maximum Gasteiger partial charge on any atom is 0.511 e. The summed E-state index contributed by atoms with van der Waals surface area (Å²) in [6.45, 7) is 0.747. The molecule has 2 N–H and O–H groups in total. The van der Waals surface area contributed by atoms with E-state index in [-0.39, 0.29) is 24.2 Å². The van der Waals surface area contributed by atoms with Crippen LogP contribution in [0.1, 0.15) is 23.3 Å². The van der Waals surface area contributed by atoms with Gasteiger partial charge in [0.1, 0.15) is 12.8 Å². The van der Waals surface area contributed by atoms with E-state index in [1.165, 1.54) is 16.9 Å². The summed E-state index contributed by atoms with van der Waals surface area (Å²) in [7, 11) is 0. The van der Waals surface area contributed by atoms with Crippen LogP contribution in [0.2, 0.25) is 0 Å². The Bertz CT molecular complexity index is 681. The van der Waals surface area contributed by atoms with E-state index in [4.69, 9.17) is 18.9 Å². The van der Waals surface area contributed by atoms with Crippen molar-refractivity contribution in [2.75, 3.05) is 32.1 Å². The number of nitrogens with zero attached hydrogens (tertiary/aromatic N) is 1. The lowest BCUT2D eigenvalue weighted by molar-refractivity contribution is -0.0460. The predicted octanol–water partition coefficient (Wildman–Crippen LogP) is -0.239. The van der Waals surface area contributed by atoms with E-state index in [0.717, 1.165) is 0 Å². The third-order valence-electron chi connectivity index (χ3n) is 3.58. The first-order valence-electron chi connectivity index (χ1n) is 7.47. The number of rotatable bonds is 4. The minimum absolute atomic E-state index is 0.00940. The summed E-state index contributed by atoms with van der Waals surface area (Å²) >= 11 is 0. The number of fused-ring (bicyclic) bond motifs is 1. The number of pyridine rings is 1. The van der Waals surface area contributed by atoms with Gasteiger partial charge in [0, 0.05) is 25.1 Å². The highest BCUT2D eigenvalue weighted by atomic mass is 16.8. The van der Waals surface area contributed by atoms with Gasteiger partial charge in [-0.25, -0.2) is 4.79 Å². The van der Waals surface area contributed by atoms with Crippen LogP contribution in [-0.4, -0.2) is 49.5 Å². The number of nitrogens with one attached hydrogen (secondary N) is 2. The zero-order valence-corrected chi connectivity index (χ0v) is 12.8. The van der Waals surface area contributed by atoms with Crippen molar-refractivity contribution < 1.29 is 28.5 Å². The van der Waals surface area contributed by atoms with Crippen molar-refractivity contribution in [2.45, 2.75) is 18.9 Å². The molecule has 10 heteroatoms. The molecule has 3 heterocycles. The summed E-state index contributed by atoms with van der Waals surface area (Å²) in [4.78, 5) is 35.4. The Morgan fingerprint density at radius 2 is 2.12 bits per heavy atom. The molecule has 0 spiro atoms. The monoisotopic (exact) mass is 339 g/mol. The first kappa shape index (κ1) is 16.1. The molecule has 3 rings (SSSR count). The Morgan fingerprint density at radius 3 is 2.92 bits per heavy atom. The van der Waals surface area contributed by atoms with Crippen LogP contribution in [0.3, 0.4) is 0 Å². The quantitative estimate of drug-likeness (QED) is 0.570. The van der Waals surface area contributed by atoms with Crippen molar-refractivity contribution in [1.82, 2.24) is 9.99 Å². The zero-order valence-electron chi connectivity index (χ0n) is 12.8. The summed E-state index contributed by atoms with van der Waals surface area (Å²) in [6, 6.07) is 1.24. The van der Waals surface area contributed by atoms with Crippen molar-refractivity contribution in [1.29, 1.82) is 0 Å². The normalized spacial score (nSPS) is 17.2. The molecule has 24 heavy (non-hydrogen) atoms. The van der Waals surface area contributed by atoms with E-state index in [1.807, 2.05) is 0 Å². The fourth-order valence-corrected chi connectivity index (χ4v) is 2.39. The molecule has 130 valence electrons. The highest BCUT2D eigenvalue weighted by Gasteiger charge is 2.24. The van der Waals surface area contributed by atoms with E-state index < -0.39 is 24.3 Å². The second kappa shape index (κ2) is 7.21. The summed E-state index contributed by atoms with van der Waals surface area (Å²) in [5.41, 5.74) is 2.35. The number of ether oxygens (including phenoxy) is 4. The molecule has 0 unspecified atom stereocenters. The Kier molecular flexibility index (Phi) is 4.85. The molecule has 10 nitrogen and oxygen atoms in total. The lowest BCUT2D eigenvalue weighted by Crippen LogP contribution is -2.43. The number of hydrogen-bond donors (Lipinski definition) is 2. The van der Waals surface area contributed by atoms with Gasteiger partial charge in [0.15, 0.2) is 5.69 Å². The van der Waals surface area contributed by atoms with Gasteiger partial charge in [-0.3, -0.25) is 14.3 Å². The van der Waals surface area contributed by atoms with Gasteiger partial charge >= 0.3 is 6.16 Å². The Balaban J connectivity index is 1.58. The molecule has 1 fully saturated rings. The summed E-state index contributed by atoms with van der Waals surface area (Å²) in [6.07, 6.45) is 1.49. The standard InChI is InChI=1S/C14H17N3O7/c18-10-1-4-17-11(13(19)15-7-16-17)12(10)22-8-23-14(20)24-9-2-5-21-6-3-9/h1,4,9,16H,2-3,5-8H2,(H,15,19). The van der Waals surface area contributed by atoms with E-state index >= 15 is 0 Å². The van der Waals surface area contributed by atoms with Gasteiger partial charge in [-0.05, 0) is 0 Å². The lowest BCUT2D eigenvalue weighted by atomic mass is 10.2. The molecule has 0 aromatic carbocycles. The minimum Gasteiger partial charge on any atom is -0.451 e. The van der Waals surface area contributed by atoms with Gasteiger partial charge in [-0.2, -0.15) is 0 Å². The number of carbonyl (C=O) groups is 2. The molecule has 2 aliphatic rings. The molecule has 2 aliphatic heterocycles. The molecular formula is C14H17N3O7. The van der Waals surface area contributed by atoms with Gasteiger partial charge in [0.25, 0.3) is 5.91 Å². The maximum absolute atomic E-state index is 11.9. The van der Waals surface area contributed by atoms with Crippen molar-refractivity contribution in [2.24, 2.45) is 0 Å². The molecule has 0 radical (unpaired) electrons. The lowest BCUT2D eigenvalue weighted by Gasteiger charge is -2.23. The predicted molar refractivity (Wildman–Crippen MR) is 79.3 cm³/mol. The summed E-state index contributed by atoms with van der Waals surface area (Å²) in [5.74, 6) is -0.674. The third kappa shape index (κ3) is 3.59. The first-order valence-corrected chi connectivity index (χ1v) is 7.47. The van der Waals surface area contributed by atoms with Crippen LogP contribution in [0.4, 0.5) is 4.79 Å². The molecular weight excluding hydrogens is 322 g/mol. The topological polar surface area (TPSA) is 117 Å². The van der Waals surface area contributed by atoms with Crippen molar-refractivity contribution >= 4 is 12.1 Å². The highest BCUT2D eigenvalue weighted by Crippen LogP contribution is 2.15. The van der Waals surface area contributed by atoms with Crippen molar-refractivity contribution in [3.63, 3.8) is 0 Å². The van der Waals surface area contributed by atoms with Crippen LogP contribution in [0.25, 0.3) is 0 Å². The average molecular weight is 339 g/mol. The van der Waals surface area contributed by atoms with E-state index in [2.05, 4.69) is 10.7 Å². The van der Waals surface area contributed by atoms with Gasteiger partial charge in [0.05, 0.1) is 13.2 Å². The Labute approximate surface area is 136 Å². The van der Waals surface area contributed by atoms with E-state index in [0.29, 0.717) is 26.1 Å². The second-order valence-corrected chi connectivity index (χ2v) is 5.15. The molecule has 1 aromatic rings. The molecule has 0 bridgehead atoms. The zero-order chi connectivity index (χ0) is 16.9. The molecule has 1 aromatic heterocycles. The van der Waals surface area contributed by atoms with E-state index in [9.17, 15) is 14.4 Å². The molecule has 0 aliphatic carbocycles. The first-order chi connectivity index (χ1) is 11.6. The van der Waals surface area contributed by atoms with Crippen LogP contribution in [0.5, 0.6) is 5.75 Å². The molecule has 0 atom stereocenters. The molecule has 0 saturated carbocycles. The maximum atomic E-state index is 11.9. The van der Waals surface area contributed by atoms with Crippen LogP contribution in [-0.2, 0) is 14.2 Å². The number of hydrogen-bond acceptors (Lipinski definition) is 8. The average Bonchev–Trinajstić information content (AvgIpc) is 2.58. The highest BCUT2D eigenvalue weighted by molar-refractivity contribution is 5.96. The number of amides is 1. The van der Waals surface area contributed by atoms with Crippen molar-refractivity contribution in [3.8, 4) is 5.75 Å². The molecule has 1 saturated heterocycles. The van der Waals surface area contributed by atoms with Crippen LogP contribution in [0, 0.1) is 0 Å². The van der Waals surface area contributed by atoms with Gasteiger partial charge < -0.3 is 29.7 Å². The number of carbonyl (C=O) groups excluding carboxylic acids is 2. The third-order valence-corrected chi connectivity index (χ3v) is 3.58. The van der Waals surface area contributed by atoms with Crippen LogP contribution < -0.4 is 20.9 Å². The largest absolute Gasteiger partial charge is 0.511 e. The summed E-state index contributed by atoms with van der Waals surface area (Å²) in [5, 5.41) is 2.53. The minimum atomic E-state index is -0.894. The Hall–Kier alpha value is -2.75. The van der Waals surface area contributed by atoms with Crippen molar-refractivity contribution in [3.05, 3.63) is 28.2 Å². The molecule has 1 amide bonds. The van der Waals surface area contributed by atoms with Gasteiger partial charge in [0.2, 0.25) is 18.0 Å². The van der Waals surface area contributed by atoms with Crippen LogP contribution >= 0.6 is 0 Å². The van der Waals surface area contributed by atoms with Gasteiger partial charge in [-0.15, -0.1) is 0 Å². The smallest absolute Gasteiger partial charge is 0.451 e. The van der Waals surface area contributed by atoms with E-state index in [1.54, 1.807) is 0 Å². The fourth-order valence-electron chi connectivity index (χ4n) is 2.39.